The number of rotatable bonds is 12. The van der Waals surface area contributed by atoms with Crippen molar-refractivity contribution in [3.05, 3.63) is 121 Å². The molecule has 4 rings (SSSR count). The van der Waals surface area contributed by atoms with Gasteiger partial charge in [0.2, 0.25) is 0 Å². The quantitative estimate of drug-likeness (QED) is 0.192. The summed E-state index contributed by atoms with van der Waals surface area (Å²) in [4.78, 5) is 31.4. The molecule has 0 saturated heterocycles. The molecule has 0 amide bonds. The van der Waals surface area contributed by atoms with E-state index in [1.54, 1.807) is 0 Å². The largest absolute Gasteiger partial charge is 0.492 e. The Kier molecular flexibility index (Phi) is 9.97. The first kappa shape index (κ1) is 26.8. The molecule has 0 heterocycles. The van der Waals surface area contributed by atoms with Gasteiger partial charge in [-0.3, -0.25) is 4.90 Å². The molecule has 7 heteroatoms. The minimum absolute atomic E-state index is 0.0483. The standard InChI is InChI=1S/C29H33NO3P2Si/c31-36(32,33)23-13-22-30(24-34(26-14-5-1-6-15-26)27-16-7-2-8-17-27)25-35(28-18-9-3-10-19-28)29-20-11-4-12-21-29/h1-12,14-21,31-33H,13,22-25H2. The zero-order valence-corrected chi connectivity index (χ0v) is 23.1. The van der Waals surface area contributed by atoms with Crippen LogP contribution < -0.4 is 21.2 Å². The molecule has 0 spiro atoms. The lowest BCUT2D eigenvalue weighted by Crippen LogP contribution is -2.37. The van der Waals surface area contributed by atoms with Crippen LogP contribution in [-0.2, 0) is 0 Å². The van der Waals surface area contributed by atoms with Crippen LogP contribution in [0.3, 0.4) is 0 Å². The van der Waals surface area contributed by atoms with Gasteiger partial charge in [0.15, 0.2) is 0 Å². The van der Waals surface area contributed by atoms with Crippen molar-refractivity contribution in [2.24, 2.45) is 0 Å². The van der Waals surface area contributed by atoms with Crippen LogP contribution in [0, 0.1) is 0 Å². The maximum absolute atomic E-state index is 9.65. The zero-order chi connectivity index (χ0) is 25.2. The fourth-order valence-corrected chi connectivity index (χ4v) is 9.63. The summed E-state index contributed by atoms with van der Waals surface area (Å²) >= 11 is 0. The third-order valence-electron chi connectivity index (χ3n) is 5.94. The van der Waals surface area contributed by atoms with Crippen LogP contribution >= 0.6 is 15.8 Å². The Morgan fingerprint density at radius 1 is 0.500 bits per heavy atom. The molecule has 0 saturated carbocycles. The van der Waals surface area contributed by atoms with Crippen LogP contribution in [0.4, 0.5) is 0 Å². The van der Waals surface area contributed by atoms with E-state index in [2.05, 4.69) is 126 Å². The highest BCUT2D eigenvalue weighted by Crippen LogP contribution is 2.39. The maximum atomic E-state index is 9.65. The fourth-order valence-electron chi connectivity index (χ4n) is 4.18. The lowest BCUT2D eigenvalue weighted by molar-refractivity contribution is 0.223. The van der Waals surface area contributed by atoms with Gasteiger partial charge in [-0.25, -0.2) is 0 Å². The Labute approximate surface area is 217 Å². The maximum Gasteiger partial charge on any atom is 0.492 e. The summed E-state index contributed by atoms with van der Waals surface area (Å²) in [6, 6.07) is 42.7. The predicted octanol–water partition coefficient (Wildman–Crippen LogP) is 3.78. The SMILES string of the molecule is O[Si](O)(O)CCCN(CP(c1ccccc1)c1ccccc1)CP(c1ccccc1)c1ccccc1. The Morgan fingerprint density at radius 3 is 1.08 bits per heavy atom. The molecule has 186 valence electrons. The zero-order valence-electron chi connectivity index (χ0n) is 20.3. The van der Waals surface area contributed by atoms with Crippen LogP contribution in [0.25, 0.3) is 0 Å². The van der Waals surface area contributed by atoms with Crippen LogP contribution in [0.5, 0.6) is 0 Å². The van der Waals surface area contributed by atoms with E-state index >= 15 is 0 Å². The van der Waals surface area contributed by atoms with E-state index in [4.69, 9.17) is 0 Å². The second-order valence-corrected chi connectivity index (χ2v) is 15.1. The van der Waals surface area contributed by atoms with Crippen molar-refractivity contribution in [2.75, 3.05) is 19.1 Å². The molecule has 0 unspecified atom stereocenters. The van der Waals surface area contributed by atoms with Gasteiger partial charge in [-0.2, -0.15) is 0 Å². The summed E-state index contributed by atoms with van der Waals surface area (Å²) in [5.74, 6) is 0. The van der Waals surface area contributed by atoms with Crippen molar-refractivity contribution in [3.63, 3.8) is 0 Å². The third-order valence-corrected chi connectivity index (χ3v) is 12.0. The molecule has 0 bridgehead atoms. The van der Waals surface area contributed by atoms with Gasteiger partial charge in [-0.1, -0.05) is 121 Å². The first-order valence-corrected chi connectivity index (χ1v) is 17.2. The molecular weight excluding hydrogens is 500 g/mol. The van der Waals surface area contributed by atoms with Gasteiger partial charge in [-0.05, 0) is 50.0 Å². The molecule has 4 aromatic rings. The summed E-state index contributed by atoms with van der Waals surface area (Å²) in [5.41, 5.74) is 0. The molecule has 4 nitrogen and oxygen atoms in total. The Hall–Kier alpha value is -2.20. The number of benzene rings is 4. The fraction of sp³-hybridized carbons (Fsp3) is 0.172. The van der Waals surface area contributed by atoms with E-state index in [-0.39, 0.29) is 6.04 Å². The molecule has 4 aromatic carbocycles. The van der Waals surface area contributed by atoms with Crippen molar-refractivity contribution < 1.29 is 14.4 Å². The average molecular weight is 534 g/mol. The predicted molar refractivity (Wildman–Crippen MR) is 156 cm³/mol. The molecular formula is C29H33NO3P2Si. The molecule has 0 aliphatic rings. The second-order valence-electron chi connectivity index (χ2n) is 8.75. The Bertz CT molecular complexity index is 999. The third kappa shape index (κ3) is 8.16. The van der Waals surface area contributed by atoms with Crippen molar-refractivity contribution in [3.8, 4) is 0 Å². The molecule has 0 radical (unpaired) electrons. The average Bonchev–Trinajstić information content (AvgIpc) is 2.91. The van der Waals surface area contributed by atoms with Crippen LogP contribution in [0.2, 0.25) is 6.04 Å². The molecule has 36 heavy (non-hydrogen) atoms. The van der Waals surface area contributed by atoms with E-state index in [1.165, 1.54) is 21.2 Å². The molecule has 0 aromatic heterocycles. The molecule has 0 atom stereocenters. The van der Waals surface area contributed by atoms with E-state index in [9.17, 15) is 14.4 Å². The summed E-state index contributed by atoms with van der Waals surface area (Å²) in [6.45, 7) is 0.688. The summed E-state index contributed by atoms with van der Waals surface area (Å²) in [5, 5.41) is 5.29. The van der Waals surface area contributed by atoms with Crippen molar-refractivity contribution in [2.45, 2.75) is 12.5 Å². The molecule has 0 fully saturated rings. The first-order chi connectivity index (χ1) is 17.5. The van der Waals surface area contributed by atoms with Gasteiger partial charge in [0.25, 0.3) is 0 Å². The van der Waals surface area contributed by atoms with Gasteiger partial charge in [0.05, 0.1) is 0 Å². The number of nitrogens with zero attached hydrogens (tertiary/aromatic N) is 1. The molecule has 3 N–H and O–H groups in total. The van der Waals surface area contributed by atoms with Gasteiger partial charge in [-0.15, -0.1) is 0 Å². The van der Waals surface area contributed by atoms with Crippen LogP contribution in [0.15, 0.2) is 121 Å². The Balaban J connectivity index is 1.66. The lowest BCUT2D eigenvalue weighted by Gasteiger charge is -2.32. The monoisotopic (exact) mass is 533 g/mol. The number of hydrogen-bond acceptors (Lipinski definition) is 4. The summed E-state index contributed by atoms with van der Waals surface area (Å²) in [6.07, 6.45) is 2.26. The second kappa shape index (κ2) is 13.4. The van der Waals surface area contributed by atoms with Crippen molar-refractivity contribution >= 4 is 45.9 Å². The van der Waals surface area contributed by atoms with Gasteiger partial charge in [0.1, 0.15) is 0 Å². The lowest BCUT2D eigenvalue weighted by atomic mass is 10.4. The minimum Gasteiger partial charge on any atom is -0.390 e. The van der Waals surface area contributed by atoms with Crippen LogP contribution in [0.1, 0.15) is 6.42 Å². The normalized spacial score (nSPS) is 11.9. The van der Waals surface area contributed by atoms with Crippen molar-refractivity contribution in [1.29, 1.82) is 0 Å². The summed E-state index contributed by atoms with van der Waals surface area (Å²) < 4.78 is 0. The van der Waals surface area contributed by atoms with Crippen molar-refractivity contribution in [1.82, 2.24) is 4.90 Å². The Morgan fingerprint density at radius 2 is 0.806 bits per heavy atom. The minimum atomic E-state index is -4.08. The smallest absolute Gasteiger partial charge is 0.390 e. The van der Waals surface area contributed by atoms with Gasteiger partial charge >= 0.3 is 8.80 Å². The van der Waals surface area contributed by atoms with Gasteiger partial charge in [0, 0.05) is 18.6 Å². The van der Waals surface area contributed by atoms with E-state index in [1.807, 2.05) is 0 Å². The number of hydrogen-bond donors (Lipinski definition) is 3. The molecule has 0 aliphatic carbocycles. The summed E-state index contributed by atoms with van der Waals surface area (Å²) in [7, 11) is -5.36. The topological polar surface area (TPSA) is 63.9 Å². The van der Waals surface area contributed by atoms with E-state index in [0.29, 0.717) is 13.0 Å². The van der Waals surface area contributed by atoms with Crippen LogP contribution in [-0.4, -0.2) is 47.2 Å². The van der Waals surface area contributed by atoms with E-state index < -0.39 is 24.6 Å². The highest BCUT2D eigenvalue weighted by molar-refractivity contribution is 7.73. The van der Waals surface area contributed by atoms with E-state index in [0.717, 1.165) is 12.6 Å². The molecule has 0 aliphatic heterocycles. The van der Waals surface area contributed by atoms with Gasteiger partial charge < -0.3 is 14.4 Å². The first-order valence-electron chi connectivity index (χ1n) is 12.1. The highest BCUT2D eigenvalue weighted by atomic mass is 31.1. The highest BCUT2D eigenvalue weighted by Gasteiger charge is 2.28.